The molecule has 1 fully saturated rings. The maximum atomic E-state index is 6.29. The summed E-state index contributed by atoms with van der Waals surface area (Å²) < 4.78 is 0. The van der Waals surface area contributed by atoms with E-state index >= 15 is 0 Å². The van der Waals surface area contributed by atoms with E-state index in [1.165, 1.54) is 5.69 Å². The van der Waals surface area contributed by atoms with Crippen molar-refractivity contribution in [1.29, 1.82) is 0 Å². The lowest BCUT2D eigenvalue weighted by Crippen LogP contribution is -2.34. The molecule has 1 aromatic carbocycles. The maximum Gasteiger partial charge on any atom is 0.125 e. The summed E-state index contributed by atoms with van der Waals surface area (Å²) in [4.78, 5) is 2.32. The Labute approximate surface area is 99.7 Å². The van der Waals surface area contributed by atoms with Gasteiger partial charge in [0.2, 0.25) is 0 Å². The van der Waals surface area contributed by atoms with Crippen LogP contribution < -0.4 is 16.4 Å². The number of benzene rings is 1. The molecule has 1 saturated heterocycles. The Morgan fingerprint density at radius 2 is 2.00 bits per heavy atom. The van der Waals surface area contributed by atoms with E-state index in [1.807, 2.05) is 24.3 Å². The van der Waals surface area contributed by atoms with Gasteiger partial charge in [-0.15, -0.1) is 0 Å². The van der Waals surface area contributed by atoms with Gasteiger partial charge >= 0.3 is 0 Å². The first-order chi connectivity index (χ1) is 8.25. The van der Waals surface area contributed by atoms with Gasteiger partial charge in [0.15, 0.2) is 0 Å². The largest absolute Gasteiger partial charge is 0.400 e. The van der Waals surface area contributed by atoms with Crippen LogP contribution >= 0.6 is 0 Å². The van der Waals surface area contributed by atoms with Crippen molar-refractivity contribution in [2.24, 2.45) is 11.5 Å². The number of nitrogens with two attached hydrogens (primary N) is 2. The van der Waals surface area contributed by atoms with Gasteiger partial charge in [-0.1, -0.05) is 30.4 Å². The van der Waals surface area contributed by atoms with Crippen LogP contribution in [0.25, 0.3) is 5.70 Å². The fraction of sp³-hybridized carbons (Fsp3) is 0.143. The topological polar surface area (TPSA) is 55.0 Å². The van der Waals surface area contributed by atoms with E-state index in [0.29, 0.717) is 0 Å². The fourth-order valence-corrected chi connectivity index (χ4v) is 3.04. The second-order valence-electron chi connectivity index (χ2n) is 4.77. The monoisotopic (exact) mass is 223 g/mol. The third kappa shape index (κ3) is 0.848. The van der Waals surface area contributed by atoms with Crippen molar-refractivity contribution in [3.63, 3.8) is 0 Å². The molecule has 4 N–H and O–H groups in total. The van der Waals surface area contributed by atoms with Crippen LogP contribution in [0, 0.1) is 0 Å². The summed E-state index contributed by atoms with van der Waals surface area (Å²) in [6, 6.07) is 8.25. The minimum absolute atomic E-state index is 0.146. The molecule has 3 nitrogen and oxygen atoms in total. The average Bonchev–Trinajstić information content (AvgIpc) is 3.09. The minimum atomic E-state index is -0.146. The standard InChI is InChI=1S/C14H13N3/c15-12-7-3-5-10-13(16)9-4-1-2-6-11(9)17-8-14(10,12)17/h1-7H,8,15-16H2. The van der Waals surface area contributed by atoms with Gasteiger partial charge in [0.05, 0.1) is 6.54 Å². The highest BCUT2D eigenvalue weighted by atomic mass is 15.4. The van der Waals surface area contributed by atoms with E-state index in [2.05, 4.69) is 23.1 Å². The molecule has 1 spiro atoms. The maximum absolute atomic E-state index is 6.29. The summed E-state index contributed by atoms with van der Waals surface area (Å²) in [5, 5.41) is 0. The van der Waals surface area contributed by atoms with Gasteiger partial charge in [0.1, 0.15) is 5.54 Å². The third-order valence-electron chi connectivity index (χ3n) is 3.98. The van der Waals surface area contributed by atoms with Crippen LogP contribution in [0.1, 0.15) is 5.56 Å². The number of nitrogens with zero attached hydrogens (tertiary/aromatic N) is 1. The van der Waals surface area contributed by atoms with E-state index < -0.39 is 0 Å². The highest BCUT2D eigenvalue weighted by Gasteiger charge is 2.60. The molecule has 0 aromatic heterocycles. The summed E-state index contributed by atoms with van der Waals surface area (Å²) in [6.45, 7) is 0.937. The Kier molecular flexibility index (Phi) is 1.35. The van der Waals surface area contributed by atoms with Crippen molar-refractivity contribution < 1.29 is 0 Å². The number of fused-ring (bicyclic) bond motifs is 2. The normalized spacial score (nSPS) is 28.2. The zero-order chi connectivity index (χ0) is 11.6. The van der Waals surface area contributed by atoms with Gasteiger partial charge in [0, 0.05) is 28.2 Å². The Balaban J connectivity index is 2.05. The lowest BCUT2D eigenvalue weighted by Gasteiger charge is -2.30. The smallest absolute Gasteiger partial charge is 0.125 e. The minimum Gasteiger partial charge on any atom is -0.400 e. The van der Waals surface area contributed by atoms with Crippen molar-refractivity contribution >= 4 is 11.4 Å². The van der Waals surface area contributed by atoms with Crippen molar-refractivity contribution in [1.82, 2.24) is 0 Å². The van der Waals surface area contributed by atoms with Crippen LogP contribution in [0.15, 0.2) is 53.8 Å². The first-order valence-electron chi connectivity index (χ1n) is 5.77. The van der Waals surface area contributed by atoms with E-state index in [1.54, 1.807) is 0 Å². The van der Waals surface area contributed by atoms with Gasteiger partial charge in [-0.2, -0.15) is 0 Å². The molecule has 1 aromatic rings. The molecule has 3 heteroatoms. The quantitative estimate of drug-likeness (QED) is 0.653. The predicted molar refractivity (Wildman–Crippen MR) is 69.0 cm³/mol. The molecule has 0 bridgehead atoms. The van der Waals surface area contributed by atoms with Gasteiger partial charge in [0.25, 0.3) is 0 Å². The van der Waals surface area contributed by atoms with Crippen molar-refractivity contribution in [3.05, 3.63) is 59.3 Å². The molecule has 17 heavy (non-hydrogen) atoms. The number of para-hydroxylation sites is 1. The van der Waals surface area contributed by atoms with Crippen LogP contribution in [0.3, 0.4) is 0 Å². The highest BCUT2D eigenvalue weighted by Crippen LogP contribution is 2.55. The van der Waals surface area contributed by atoms with Gasteiger partial charge in [-0.3, -0.25) is 0 Å². The second-order valence-corrected chi connectivity index (χ2v) is 4.77. The van der Waals surface area contributed by atoms with Crippen LogP contribution in [0.5, 0.6) is 0 Å². The molecule has 3 aliphatic rings. The van der Waals surface area contributed by atoms with Crippen LogP contribution in [0.4, 0.5) is 5.69 Å². The summed E-state index contributed by atoms with van der Waals surface area (Å²) in [7, 11) is 0. The number of anilines is 1. The summed E-state index contributed by atoms with van der Waals surface area (Å²) >= 11 is 0. The summed E-state index contributed by atoms with van der Waals surface area (Å²) in [5.74, 6) is 0. The Morgan fingerprint density at radius 3 is 2.88 bits per heavy atom. The van der Waals surface area contributed by atoms with E-state index in [-0.39, 0.29) is 5.54 Å². The molecule has 2 heterocycles. The Bertz CT molecular complexity index is 624. The molecule has 84 valence electrons. The zero-order valence-corrected chi connectivity index (χ0v) is 9.35. The number of hydrogen-bond donors (Lipinski definition) is 2. The second kappa shape index (κ2) is 2.56. The van der Waals surface area contributed by atoms with E-state index in [4.69, 9.17) is 11.5 Å². The summed E-state index contributed by atoms with van der Waals surface area (Å²) in [6.07, 6.45) is 6.04. The number of rotatable bonds is 0. The molecule has 0 saturated carbocycles. The first-order valence-corrected chi connectivity index (χ1v) is 5.77. The molecule has 1 atom stereocenters. The lowest BCUT2D eigenvalue weighted by molar-refractivity contribution is 0.866. The predicted octanol–water partition coefficient (Wildman–Crippen LogP) is 1.34. The van der Waals surface area contributed by atoms with Crippen molar-refractivity contribution in [2.45, 2.75) is 5.54 Å². The van der Waals surface area contributed by atoms with Crippen LogP contribution in [0.2, 0.25) is 0 Å². The zero-order valence-electron chi connectivity index (χ0n) is 9.35. The molecular formula is C14H13N3. The SMILES string of the molecule is NC1=CC=CC2=C(N)c3ccccc3N3CC123. The Hall–Kier alpha value is -2.16. The number of hydrogen-bond acceptors (Lipinski definition) is 3. The lowest BCUT2D eigenvalue weighted by atomic mass is 9.85. The average molecular weight is 223 g/mol. The molecule has 1 unspecified atom stereocenters. The Morgan fingerprint density at radius 1 is 1.18 bits per heavy atom. The van der Waals surface area contributed by atoms with Crippen molar-refractivity contribution in [3.8, 4) is 0 Å². The number of allylic oxidation sites excluding steroid dienone is 2. The summed E-state index contributed by atoms with van der Waals surface area (Å²) in [5.41, 5.74) is 17.5. The molecule has 1 aliphatic carbocycles. The van der Waals surface area contributed by atoms with Gasteiger partial charge in [-0.25, -0.2) is 0 Å². The molecule has 2 aliphatic heterocycles. The van der Waals surface area contributed by atoms with E-state index in [0.717, 1.165) is 29.1 Å². The highest BCUT2D eigenvalue weighted by molar-refractivity contribution is 5.91. The molecule has 4 rings (SSSR count). The third-order valence-corrected chi connectivity index (χ3v) is 3.98. The molecular weight excluding hydrogens is 210 g/mol. The van der Waals surface area contributed by atoms with Crippen molar-refractivity contribution in [2.75, 3.05) is 11.4 Å². The van der Waals surface area contributed by atoms with Crippen LogP contribution in [-0.2, 0) is 0 Å². The van der Waals surface area contributed by atoms with Gasteiger partial charge < -0.3 is 16.4 Å². The van der Waals surface area contributed by atoms with Gasteiger partial charge in [-0.05, 0) is 12.1 Å². The van der Waals surface area contributed by atoms with Crippen LogP contribution in [-0.4, -0.2) is 12.1 Å². The van der Waals surface area contributed by atoms with E-state index in [9.17, 15) is 0 Å². The fourth-order valence-electron chi connectivity index (χ4n) is 3.04. The molecule has 0 amide bonds. The first kappa shape index (κ1) is 8.93. The molecule has 0 radical (unpaired) electrons.